The third kappa shape index (κ3) is 6.82. The third-order valence-corrected chi connectivity index (χ3v) is 6.37. The summed E-state index contributed by atoms with van der Waals surface area (Å²) in [7, 11) is 0. The molecule has 4 nitrogen and oxygen atoms in total. The molecule has 0 radical (unpaired) electrons. The van der Waals surface area contributed by atoms with Crippen LogP contribution in [-0.2, 0) is 15.7 Å². The zero-order valence-corrected chi connectivity index (χ0v) is 18.3. The first-order chi connectivity index (χ1) is 14.7. The second kappa shape index (κ2) is 9.85. The Morgan fingerprint density at radius 2 is 1.81 bits per heavy atom. The molecule has 1 fully saturated rings. The Kier molecular flexibility index (Phi) is 7.41. The van der Waals surface area contributed by atoms with Crippen LogP contribution in [0.25, 0.3) is 0 Å². The largest absolute Gasteiger partial charge is 0.493 e. The van der Waals surface area contributed by atoms with Gasteiger partial charge in [-0.1, -0.05) is 0 Å². The third-order valence-electron chi connectivity index (χ3n) is 5.03. The van der Waals surface area contributed by atoms with Gasteiger partial charge in [0.25, 0.3) is 0 Å². The highest BCUT2D eigenvalue weighted by molar-refractivity contribution is 7.99. The molecule has 0 unspecified atom stereocenters. The SMILES string of the molecule is CCOC(=O)COc1ccc(SCC2(COc3ccc(C(F)(F)F)cc3)CC2)cc1C. The van der Waals surface area contributed by atoms with Gasteiger partial charge in [0, 0.05) is 16.1 Å². The van der Waals surface area contributed by atoms with Crippen LogP contribution in [0.2, 0.25) is 0 Å². The summed E-state index contributed by atoms with van der Waals surface area (Å²) in [5, 5.41) is 0. The van der Waals surface area contributed by atoms with E-state index in [9.17, 15) is 18.0 Å². The molecule has 31 heavy (non-hydrogen) atoms. The summed E-state index contributed by atoms with van der Waals surface area (Å²) >= 11 is 1.71. The highest BCUT2D eigenvalue weighted by Gasteiger charge is 2.43. The van der Waals surface area contributed by atoms with E-state index >= 15 is 0 Å². The fourth-order valence-corrected chi connectivity index (χ4v) is 4.20. The average Bonchev–Trinajstić information content (AvgIpc) is 3.50. The summed E-state index contributed by atoms with van der Waals surface area (Å²) in [6.07, 6.45) is -2.29. The summed E-state index contributed by atoms with van der Waals surface area (Å²) in [6, 6.07) is 10.6. The molecular weight excluding hydrogens is 429 g/mol. The van der Waals surface area contributed by atoms with E-state index in [1.807, 2.05) is 25.1 Å². The van der Waals surface area contributed by atoms with Crippen LogP contribution in [0.1, 0.15) is 30.9 Å². The predicted octanol–water partition coefficient (Wildman–Crippen LogP) is 5.91. The zero-order chi connectivity index (χ0) is 22.5. The smallest absolute Gasteiger partial charge is 0.416 e. The Hall–Kier alpha value is -2.35. The van der Waals surface area contributed by atoms with Crippen molar-refractivity contribution >= 4 is 17.7 Å². The Labute approximate surface area is 184 Å². The number of hydrogen-bond acceptors (Lipinski definition) is 5. The number of halogens is 3. The van der Waals surface area contributed by atoms with Gasteiger partial charge in [-0.2, -0.15) is 13.2 Å². The van der Waals surface area contributed by atoms with Gasteiger partial charge in [-0.3, -0.25) is 0 Å². The molecule has 3 rings (SSSR count). The van der Waals surface area contributed by atoms with Crippen LogP contribution in [0.5, 0.6) is 11.5 Å². The molecule has 2 aromatic rings. The highest BCUT2D eigenvalue weighted by Crippen LogP contribution is 2.49. The predicted molar refractivity (Wildman–Crippen MR) is 113 cm³/mol. The van der Waals surface area contributed by atoms with E-state index in [4.69, 9.17) is 14.2 Å². The minimum atomic E-state index is -4.34. The van der Waals surface area contributed by atoms with Crippen molar-refractivity contribution in [3.8, 4) is 11.5 Å². The van der Waals surface area contributed by atoms with Gasteiger partial charge in [0.15, 0.2) is 6.61 Å². The van der Waals surface area contributed by atoms with Gasteiger partial charge < -0.3 is 14.2 Å². The second-order valence-corrected chi connectivity index (χ2v) is 8.67. The lowest BCUT2D eigenvalue weighted by Crippen LogP contribution is -2.16. The second-order valence-electron chi connectivity index (χ2n) is 7.62. The standard InChI is InChI=1S/C23H25F3O4S/c1-3-28-21(27)13-29-20-9-8-19(12-16(20)2)31-15-22(10-11-22)14-30-18-6-4-17(5-7-18)23(24,25)26/h4-9,12H,3,10-11,13-15H2,1-2H3. The molecule has 0 spiro atoms. The maximum Gasteiger partial charge on any atom is 0.416 e. The van der Waals surface area contributed by atoms with Gasteiger partial charge in [0.05, 0.1) is 18.8 Å². The van der Waals surface area contributed by atoms with E-state index in [-0.39, 0.29) is 12.0 Å². The molecule has 0 amide bonds. The van der Waals surface area contributed by atoms with Crippen molar-refractivity contribution in [1.29, 1.82) is 0 Å². The number of rotatable bonds is 10. The van der Waals surface area contributed by atoms with E-state index in [1.54, 1.807) is 18.7 Å². The number of carbonyl (C=O) groups excluding carboxylic acids is 1. The Morgan fingerprint density at radius 3 is 2.39 bits per heavy atom. The van der Waals surface area contributed by atoms with E-state index < -0.39 is 17.7 Å². The zero-order valence-electron chi connectivity index (χ0n) is 17.5. The molecular formula is C23H25F3O4S. The summed E-state index contributed by atoms with van der Waals surface area (Å²) in [5.41, 5.74) is 0.294. The van der Waals surface area contributed by atoms with Crippen molar-refractivity contribution < 1.29 is 32.2 Å². The van der Waals surface area contributed by atoms with E-state index in [2.05, 4.69) is 0 Å². The highest BCUT2D eigenvalue weighted by atomic mass is 32.2. The summed E-state index contributed by atoms with van der Waals surface area (Å²) in [4.78, 5) is 12.5. The van der Waals surface area contributed by atoms with Crippen LogP contribution >= 0.6 is 11.8 Å². The summed E-state index contributed by atoms with van der Waals surface area (Å²) < 4.78 is 54.1. The Bertz CT molecular complexity index is 893. The Balaban J connectivity index is 1.48. The fraction of sp³-hybridized carbons (Fsp3) is 0.435. The van der Waals surface area contributed by atoms with Gasteiger partial charge in [-0.15, -0.1) is 11.8 Å². The average molecular weight is 455 g/mol. The van der Waals surface area contributed by atoms with E-state index in [0.29, 0.717) is 24.7 Å². The molecule has 168 valence electrons. The molecule has 0 aliphatic heterocycles. The number of esters is 1. The van der Waals surface area contributed by atoms with Crippen LogP contribution < -0.4 is 9.47 Å². The van der Waals surface area contributed by atoms with Gasteiger partial charge in [0.1, 0.15) is 11.5 Å². The molecule has 8 heteroatoms. The number of benzene rings is 2. The van der Waals surface area contributed by atoms with Crippen molar-refractivity contribution in [1.82, 2.24) is 0 Å². The molecule has 0 saturated heterocycles. The molecule has 1 saturated carbocycles. The van der Waals surface area contributed by atoms with Gasteiger partial charge >= 0.3 is 12.1 Å². The first-order valence-electron chi connectivity index (χ1n) is 10.0. The molecule has 0 N–H and O–H groups in total. The van der Waals surface area contributed by atoms with Crippen molar-refractivity contribution in [3.63, 3.8) is 0 Å². The van der Waals surface area contributed by atoms with Crippen LogP contribution in [0.4, 0.5) is 13.2 Å². The number of thioether (sulfide) groups is 1. The van der Waals surface area contributed by atoms with Crippen molar-refractivity contribution in [2.45, 2.75) is 37.8 Å². The fourth-order valence-electron chi connectivity index (χ4n) is 2.93. The van der Waals surface area contributed by atoms with Gasteiger partial charge in [0.2, 0.25) is 0 Å². The molecule has 0 bridgehead atoms. The van der Waals surface area contributed by atoms with Crippen molar-refractivity contribution in [2.24, 2.45) is 5.41 Å². The molecule has 1 aliphatic carbocycles. The molecule has 1 aliphatic rings. The quantitative estimate of drug-likeness (QED) is 0.330. The number of carbonyl (C=O) groups is 1. The number of ether oxygens (including phenoxy) is 3. The first kappa shape index (κ1) is 23.3. The number of aryl methyl sites for hydroxylation is 1. The van der Waals surface area contributed by atoms with Crippen molar-refractivity contribution in [2.75, 3.05) is 25.6 Å². The van der Waals surface area contributed by atoms with Crippen molar-refractivity contribution in [3.05, 3.63) is 53.6 Å². The van der Waals surface area contributed by atoms with Gasteiger partial charge in [-0.25, -0.2) is 4.79 Å². The van der Waals surface area contributed by atoms with Crippen LogP contribution in [-0.4, -0.2) is 31.5 Å². The maximum absolute atomic E-state index is 12.7. The normalized spacial score (nSPS) is 14.7. The summed E-state index contributed by atoms with van der Waals surface area (Å²) in [5.74, 6) is 1.55. The van der Waals surface area contributed by atoms with Gasteiger partial charge in [-0.05, 0) is 74.7 Å². The number of alkyl halides is 3. The Morgan fingerprint density at radius 1 is 1.10 bits per heavy atom. The monoisotopic (exact) mass is 454 g/mol. The summed E-state index contributed by atoms with van der Waals surface area (Å²) in [6.45, 7) is 4.35. The van der Waals surface area contributed by atoms with E-state index in [1.165, 1.54) is 12.1 Å². The lowest BCUT2D eigenvalue weighted by molar-refractivity contribution is -0.145. The molecule has 0 atom stereocenters. The topological polar surface area (TPSA) is 44.8 Å². The lowest BCUT2D eigenvalue weighted by atomic mass is 10.1. The van der Waals surface area contributed by atoms with E-state index in [0.717, 1.165) is 41.2 Å². The molecule has 0 heterocycles. The maximum atomic E-state index is 12.7. The molecule has 0 aromatic heterocycles. The minimum absolute atomic E-state index is 0.0420. The van der Waals surface area contributed by atoms with Crippen LogP contribution in [0, 0.1) is 12.3 Å². The lowest BCUT2D eigenvalue weighted by Gasteiger charge is -2.17. The van der Waals surface area contributed by atoms with Crippen LogP contribution in [0.15, 0.2) is 47.4 Å². The minimum Gasteiger partial charge on any atom is -0.493 e. The van der Waals surface area contributed by atoms with Crippen LogP contribution in [0.3, 0.4) is 0 Å². The number of hydrogen-bond donors (Lipinski definition) is 0. The molecule has 2 aromatic carbocycles. The first-order valence-corrected chi connectivity index (χ1v) is 11.0.